The first kappa shape index (κ1) is 19.1. The summed E-state index contributed by atoms with van der Waals surface area (Å²) < 4.78 is 11.2. The number of aliphatic hydroxyl groups excluding tert-OH is 1. The Morgan fingerprint density at radius 3 is 2.65 bits per heavy atom. The first-order valence-corrected chi connectivity index (χ1v) is 9.25. The second kappa shape index (κ2) is 6.20. The number of allylic oxidation sites excluding steroid dienone is 1. The van der Waals surface area contributed by atoms with Crippen molar-refractivity contribution in [2.75, 3.05) is 0 Å². The lowest BCUT2D eigenvalue weighted by Crippen LogP contribution is -2.61. The molecule has 2 saturated carbocycles. The third-order valence-electron chi connectivity index (χ3n) is 6.97. The molecular formula is C20H28O6. The smallest absolute Gasteiger partial charge is 0.336 e. The molecule has 0 spiro atoms. The molecule has 0 amide bonds. The minimum absolute atomic E-state index is 0.0444. The number of fused-ring (bicyclic) bond motifs is 2. The number of carbonyl (C=O) groups excluding carboxylic acids is 2. The van der Waals surface area contributed by atoms with Crippen LogP contribution in [0, 0.1) is 17.3 Å². The topological polar surface area (TPSA) is 93.1 Å². The number of rotatable bonds is 2. The van der Waals surface area contributed by atoms with Gasteiger partial charge in [-0.3, -0.25) is 0 Å². The van der Waals surface area contributed by atoms with Crippen molar-refractivity contribution in [2.24, 2.45) is 17.3 Å². The number of aliphatic hydroxyl groups is 2. The maximum Gasteiger partial charge on any atom is 0.336 e. The van der Waals surface area contributed by atoms with Gasteiger partial charge in [-0.1, -0.05) is 19.9 Å². The van der Waals surface area contributed by atoms with Gasteiger partial charge in [-0.25, -0.2) is 9.59 Å². The summed E-state index contributed by atoms with van der Waals surface area (Å²) in [6.07, 6.45) is 1.85. The lowest BCUT2D eigenvalue weighted by atomic mass is 9.51. The van der Waals surface area contributed by atoms with Crippen LogP contribution in [0.15, 0.2) is 22.8 Å². The van der Waals surface area contributed by atoms with E-state index in [1.165, 1.54) is 0 Å². The molecule has 0 aromatic carbocycles. The lowest BCUT2D eigenvalue weighted by molar-refractivity contribution is -0.232. The molecule has 0 unspecified atom stereocenters. The molecule has 0 aromatic rings. The zero-order chi connectivity index (χ0) is 19.4. The summed E-state index contributed by atoms with van der Waals surface area (Å²) in [4.78, 5) is 24.7. The molecule has 3 aliphatic rings. The molecule has 2 N–H and O–H groups in total. The zero-order valence-corrected chi connectivity index (χ0v) is 16.0. The fourth-order valence-electron chi connectivity index (χ4n) is 4.88. The van der Waals surface area contributed by atoms with Crippen LogP contribution in [0.5, 0.6) is 0 Å². The Morgan fingerprint density at radius 2 is 2.04 bits per heavy atom. The standard InChI is InChI=1S/C20H28O6/c1-6-10(2)17(22)25-16-15-11(3)18(23)26-20(15,24)9-13-7-8-14(21)12(4)19(13,16)5/h6,12-14,16,21,24H,7-9H2,1-5H3/b10-6-/t12-,13+,14-,16+,19+,20+/m0/s1. The lowest BCUT2D eigenvalue weighted by Gasteiger charge is -2.57. The zero-order valence-electron chi connectivity index (χ0n) is 16.0. The van der Waals surface area contributed by atoms with Crippen LogP contribution in [0.25, 0.3) is 0 Å². The van der Waals surface area contributed by atoms with E-state index in [-0.39, 0.29) is 23.8 Å². The Bertz CT molecular complexity index is 707. The van der Waals surface area contributed by atoms with E-state index < -0.39 is 35.3 Å². The number of hydrogen-bond acceptors (Lipinski definition) is 6. The van der Waals surface area contributed by atoms with Crippen LogP contribution in [-0.4, -0.2) is 40.1 Å². The minimum Gasteiger partial charge on any atom is -0.454 e. The third-order valence-corrected chi connectivity index (χ3v) is 6.97. The van der Waals surface area contributed by atoms with Gasteiger partial charge < -0.3 is 19.7 Å². The van der Waals surface area contributed by atoms with E-state index in [2.05, 4.69) is 0 Å². The van der Waals surface area contributed by atoms with Gasteiger partial charge in [-0.05, 0) is 45.4 Å². The van der Waals surface area contributed by atoms with E-state index in [9.17, 15) is 19.8 Å². The summed E-state index contributed by atoms with van der Waals surface area (Å²) in [5.74, 6) is -3.01. The molecule has 3 rings (SSSR count). The van der Waals surface area contributed by atoms with Gasteiger partial charge in [0.1, 0.15) is 6.10 Å². The number of ether oxygens (including phenoxy) is 2. The summed E-state index contributed by atoms with van der Waals surface area (Å²) in [7, 11) is 0. The van der Waals surface area contributed by atoms with Crippen LogP contribution in [0.1, 0.15) is 53.9 Å². The Kier molecular flexibility index (Phi) is 4.56. The van der Waals surface area contributed by atoms with Crippen molar-refractivity contribution in [3.05, 3.63) is 22.8 Å². The third kappa shape index (κ3) is 2.54. The maximum atomic E-state index is 12.5. The Labute approximate surface area is 153 Å². The van der Waals surface area contributed by atoms with Gasteiger partial charge in [0.2, 0.25) is 5.79 Å². The van der Waals surface area contributed by atoms with Crippen LogP contribution in [0.4, 0.5) is 0 Å². The molecule has 144 valence electrons. The minimum atomic E-state index is -1.73. The predicted octanol–water partition coefficient (Wildman–Crippen LogP) is 2.24. The van der Waals surface area contributed by atoms with Crippen molar-refractivity contribution in [1.29, 1.82) is 0 Å². The van der Waals surface area contributed by atoms with Gasteiger partial charge in [0.25, 0.3) is 0 Å². The highest BCUT2D eigenvalue weighted by Gasteiger charge is 2.65. The van der Waals surface area contributed by atoms with Crippen LogP contribution < -0.4 is 0 Å². The van der Waals surface area contributed by atoms with Crippen LogP contribution >= 0.6 is 0 Å². The molecule has 2 fully saturated rings. The SMILES string of the molecule is C/C=C(/C)C(=O)O[C@@H]1C2=C(C)C(=O)O[C@]2(O)C[C@H]2CC[C@H](O)[C@H](C)[C@]21C. The summed E-state index contributed by atoms with van der Waals surface area (Å²) in [5, 5.41) is 21.6. The first-order valence-electron chi connectivity index (χ1n) is 9.25. The highest BCUT2D eigenvalue weighted by Crippen LogP contribution is 2.60. The average Bonchev–Trinajstić information content (AvgIpc) is 2.81. The quantitative estimate of drug-likeness (QED) is 0.577. The van der Waals surface area contributed by atoms with Crippen molar-refractivity contribution < 1.29 is 29.3 Å². The highest BCUT2D eigenvalue weighted by atomic mass is 16.7. The summed E-state index contributed by atoms with van der Waals surface area (Å²) in [6.45, 7) is 8.92. The van der Waals surface area contributed by atoms with E-state index in [0.29, 0.717) is 24.0 Å². The fourth-order valence-corrected chi connectivity index (χ4v) is 4.88. The summed E-state index contributed by atoms with van der Waals surface area (Å²) in [5.41, 5.74) is 0.472. The van der Waals surface area contributed by atoms with Crippen LogP contribution in [0.3, 0.4) is 0 Å². The molecule has 0 aromatic heterocycles. The van der Waals surface area contributed by atoms with Gasteiger partial charge >= 0.3 is 11.9 Å². The number of hydrogen-bond donors (Lipinski definition) is 2. The molecule has 0 bridgehead atoms. The molecule has 0 radical (unpaired) electrons. The van der Waals surface area contributed by atoms with Gasteiger partial charge in [-0.2, -0.15) is 0 Å². The Morgan fingerprint density at radius 1 is 1.38 bits per heavy atom. The second-order valence-electron chi connectivity index (χ2n) is 8.17. The fraction of sp³-hybridized carbons (Fsp3) is 0.700. The van der Waals surface area contributed by atoms with Crippen molar-refractivity contribution in [1.82, 2.24) is 0 Å². The van der Waals surface area contributed by atoms with Crippen LogP contribution in [0.2, 0.25) is 0 Å². The molecule has 1 aliphatic heterocycles. The molecule has 6 nitrogen and oxygen atoms in total. The van der Waals surface area contributed by atoms with E-state index in [0.717, 1.165) is 0 Å². The van der Waals surface area contributed by atoms with Gasteiger partial charge in [0, 0.05) is 23.0 Å². The van der Waals surface area contributed by atoms with E-state index in [1.54, 1.807) is 26.8 Å². The molecule has 6 atom stereocenters. The van der Waals surface area contributed by atoms with E-state index in [4.69, 9.17) is 9.47 Å². The predicted molar refractivity (Wildman–Crippen MR) is 93.7 cm³/mol. The Balaban J connectivity index is 2.14. The molecular weight excluding hydrogens is 336 g/mol. The molecule has 6 heteroatoms. The largest absolute Gasteiger partial charge is 0.454 e. The van der Waals surface area contributed by atoms with Crippen molar-refractivity contribution in [3.63, 3.8) is 0 Å². The normalized spacial score (nSPS) is 42.9. The van der Waals surface area contributed by atoms with Gasteiger partial charge in [0.05, 0.1) is 11.7 Å². The van der Waals surface area contributed by atoms with E-state index >= 15 is 0 Å². The summed E-state index contributed by atoms with van der Waals surface area (Å²) >= 11 is 0. The summed E-state index contributed by atoms with van der Waals surface area (Å²) in [6, 6.07) is 0. The number of esters is 2. The van der Waals surface area contributed by atoms with Crippen molar-refractivity contribution in [2.45, 2.75) is 71.9 Å². The van der Waals surface area contributed by atoms with E-state index in [1.807, 2.05) is 13.8 Å². The molecule has 2 aliphatic carbocycles. The highest BCUT2D eigenvalue weighted by molar-refractivity contribution is 5.93. The monoisotopic (exact) mass is 364 g/mol. The van der Waals surface area contributed by atoms with Gasteiger partial charge in [0.15, 0.2) is 0 Å². The first-order chi connectivity index (χ1) is 12.1. The second-order valence-corrected chi connectivity index (χ2v) is 8.17. The molecule has 0 saturated heterocycles. The van der Waals surface area contributed by atoms with Gasteiger partial charge in [-0.15, -0.1) is 0 Å². The maximum absolute atomic E-state index is 12.5. The molecule has 1 heterocycles. The van der Waals surface area contributed by atoms with Crippen molar-refractivity contribution in [3.8, 4) is 0 Å². The average molecular weight is 364 g/mol. The number of carbonyl (C=O) groups is 2. The molecule has 26 heavy (non-hydrogen) atoms. The van der Waals surface area contributed by atoms with Crippen molar-refractivity contribution >= 4 is 11.9 Å². The van der Waals surface area contributed by atoms with Crippen LogP contribution in [-0.2, 0) is 19.1 Å². The Hall–Kier alpha value is -1.66.